The molecule has 11 heteroatoms. The van der Waals surface area contributed by atoms with Crippen LogP contribution in [0.4, 0.5) is 0 Å². The van der Waals surface area contributed by atoms with E-state index in [1.54, 1.807) is 0 Å². The Morgan fingerprint density at radius 2 is 1.26 bits per heavy atom. The van der Waals surface area contributed by atoms with E-state index in [9.17, 15) is 35.7 Å². The molecule has 7 N–H and O–H groups in total. The summed E-state index contributed by atoms with van der Waals surface area (Å²) in [4.78, 5) is 0. The quantitative estimate of drug-likeness (QED) is 0.163. The summed E-state index contributed by atoms with van der Waals surface area (Å²) in [6, 6.07) is 0. The Labute approximate surface area is 206 Å². The number of hydrogen-bond donors (Lipinski definition) is 7. The highest BCUT2D eigenvalue weighted by atomic mass is 16.7. The molecule has 0 aromatic rings. The van der Waals surface area contributed by atoms with Crippen LogP contribution in [0.15, 0.2) is 0 Å². The highest BCUT2D eigenvalue weighted by Gasteiger charge is 2.50. The zero-order valence-electron chi connectivity index (χ0n) is 20.3. The zero-order valence-corrected chi connectivity index (χ0v) is 20.3. The predicted molar refractivity (Wildman–Crippen MR) is 122 cm³/mol. The molecule has 0 bridgehead atoms. The Morgan fingerprint density at radius 1 is 0.629 bits per heavy atom. The van der Waals surface area contributed by atoms with Gasteiger partial charge in [0, 0.05) is 6.61 Å². The summed E-state index contributed by atoms with van der Waals surface area (Å²) in [7, 11) is 0. The van der Waals surface area contributed by atoms with Gasteiger partial charge in [0.2, 0.25) is 0 Å². The van der Waals surface area contributed by atoms with Gasteiger partial charge >= 0.3 is 0 Å². The number of aliphatic hydroxyl groups excluding tert-OH is 7. The van der Waals surface area contributed by atoms with E-state index in [1.165, 1.54) is 44.9 Å². The fraction of sp³-hybridized carbons (Fsp3) is 1.00. The number of aliphatic hydroxyl groups is 7. The number of hydrogen-bond acceptors (Lipinski definition) is 11. The van der Waals surface area contributed by atoms with Gasteiger partial charge in [-0.15, -0.1) is 0 Å². The molecule has 0 aromatic heterocycles. The molecule has 4 unspecified atom stereocenters. The van der Waals surface area contributed by atoms with Crippen LogP contribution in [0.25, 0.3) is 0 Å². The first-order valence-corrected chi connectivity index (χ1v) is 13.1. The Balaban J connectivity index is 1.41. The van der Waals surface area contributed by atoms with Crippen molar-refractivity contribution in [3.8, 4) is 0 Å². The molecule has 11 nitrogen and oxygen atoms in total. The maximum Gasteiger partial charge on any atom is 0.187 e. The van der Waals surface area contributed by atoms with E-state index in [0.717, 1.165) is 25.2 Å². The van der Waals surface area contributed by atoms with Gasteiger partial charge in [-0.05, 0) is 12.3 Å². The lowest BCUT2D eigenvalue weighted by Crippen LogP contribution is -2.64. The summed E-state index contributed by atoms with van der Waals surface area (Å²) in [6.07, 6.45) is -2.12. The molecule has 0 spiro atoms. The second-order valence-electron chi connectivity index (χ2n) is 10.1. The average Bonchev–Trinajstić information content (AvgIpc) is 2.87. The maximum atomic E-state index is 10.6. The molecule has 0 aromatic carbocycles. The molecule has 1 aliphatic carbocycles. The minimum Gasteiger partial charge on any atom is -0.394 e. The lowest BCUT2D eigenvalue weighted by molar-refractivity contribution is -0.359. The van der Waals surface area contributed by atoms with Gasteiger partial charge in [-0.3, -0.25) is 0 Å². The van der Waals surface area contributed by atoms with Crippen LogP contribution in [0.2, 0.25) is 0 Å². The lowest BCUT2D eigenvalue weighted by atomic mass is 9.85. The summed E-state index contributed by atoms with van der Waals surface area (Å²) < 4.78 is 22.1. The summed E-state index contributed by atoms with van der Waals surface area (Å²) in [6.45, 7) is -0.891. The molecule has 10 atom stereocenters. The van der Waals surface area contributed by atoms with Crippen LogP contribution in [0, 0.1) is 5.92 Å². The van der Waals surface area contributed by atoms with Crippen molar-refractivity contribution < 1.29 is 54.7 Å². The second-order valence-corrected chi connectivity index (χ2v) is 10.1. The van der Waals surface area contributed by atoms with E-state index in [2.05, 4.69) is 0 Å². The maximum absolute atomic E-state index is 10.6. The van der Waals surface area contributed by atoms with Crippen molar-refractivity contribution >= 4 is 0 Å². The van der Waals surface area contributed by atoms with Gasteiger partial charge < -0.3 is 54.7 Å². The Hall–Kier alpha value is -0.440. The molecule has 35 heavy (non-hydrogen) atoms. The molecule has 2 saturated heterocycles. The van der Waals surface area contributed by atoms with Gasteiger partial charge in [-0.25, -0.2) is 0 Å². The first-order chi connectivity index (χ1) is 16.9. The third-order valence-corrected chi connectivity index (χ3v) is 7.47. The smallest absolute Gasteiger partial charge is 0.187 e. The van der Waals surface area contributed by atoms with Crippen LogP contribution in [0.1, 0.15) is 64.2 Å². The van der Waals surface area contributed by atoms with Crippen LogP contribution in [0.3, 0.4) is 0 Å². The van der Waals surface area contributed by atoms with E-state index < -0.39 is 74.6 Å². The lowest BCUT2D eigenvalue weighted by Gasteiger charge is -2.45. The van der Waals surface area contributed by atoms with Crippen molar-refractivity contribution in [3.63, 3.8) is 0 Å². The number of ether oxygens (including phenoxy) is 4. The van der Waals surface area contributed by atoms with Crippen LogP contribution < -0.4 is 0 Å². The molecule has 0 radical (unpaired) electrons. The van der Waals surface area contributed by atoms with Gasteiger partial charge in [0.15, 0.2) is 12.6 Å². The van der Waals surface area contributed by atoms with Gasteiger partial charge in [-0.1, -0.05) is 57.8 Å². The summed E-state index contributed by atoms with van der Waals surface area (Å²) in [5.74, 6) is 0.876. The van der Waals surface area contributed by atoms with E-state index in [4.69, 9.17) is 18.9 Å². The summed E-state index contributed by atoms with van der Waals surface area (Å²) >= 11 is 0. The minimum absolute atomic E-state index is 0.328. The zero-order chi connectivity index (χ0) is 25.4. The summed E-state index contributed by atoms with van der Waals surface area (Å²) in [5.41, 5.74) is 0. The van der Waals surface area contributed by atoms with Gasteiger partial charge in [0.1, 0.15) is 48.8 Å². The normalized spacial score (nSPS) is 41.2. The van der Waals surface area contributed by atoms with Gasteiger partial charge in [0.05, 0.1) is 13.2 Å². The van der Waals surface area contributed by atoms with Gasteiger partial charge in [-0.2, -0.15) is 0 Å². The van der Waals surface area contributed by atoms with Crippen molar-refractivity contribution in [1.29, 1.82) is 0 Å². The predicted octanol–water partition coefficient (Wildman–Crippen LogP) is -0.842. The van der Waals surface area contributed by atoms with Crippen molar-refractivity contribution in [3.05, 3.63) is 0 Å². The van der Waals surface area contributed by atoms with E-state index in [1.807, 2.05) is 0 Å². The molecular formula is C24H44O11. The molecule has 2 aliphatic heterocycles. The van der Waals surface area contributed by atoms with Crippen molar-refractivity contribution in [2.75, 3.05) is 19.8 Å². The number of unbranched alkanes of at least 4 members (excludes halogenated alkanes) is 3. The first-order valence-electron chi connectivity index (χ1n) is 13.1. The summed E-state index contributed by atoms with van der Waals surface area (Å²) in [5, 5.41) is 70.2. The molecule has 3 rings (SSSR count). The Bertz CT molecular complexity index is 586. The molecule has 0 amide bonds. The van der Waals surface area contributed by atoms with Crippen molar-refractivity contribution in [2.45, 2.75) is 126 Å². The Morgan fingerprint density at radius 3 is 1.94 bits per heavy atom. The highest BCUT2D eigenvalue weighted by molar-refractivity contribution is 4.94. The van der Waals surface area contributed by atoms with Gasteiger partial charge in [0.25, 0.3) is 0 Å². The Kier molecular flexibility index (Phi) is 12.1. The van der Waals surface area contributed by atoms with E-state index in [-0.39, 0.29) is 0 Å². The first kappa shape index (κ1) is 29.1. The average molecular weight is 509 g/mol. The molecule has 1 saturated carbocycles. The van der Waals surface area contributed by atoms with E-state index >= 15 is 0 Å². The monoisotopic (exact) mass is 508 g/mol. The fourth-order valence-electron chi connectivity index (χ4n) is 5.26. The highest BCUT2D eigenvalue weighted by Crippen LogP contribution is 2.30. The standard InChI is InChI=1S/C24H44O11/c25-12-15-17(27)18(28)20(30)24(33-15)35-22-16(13-26)34-23(21(31)19(22)29)32-11-7-2-1-4-8-14-9-5-3-6-10-14/h14-31H,1-13H2/t15?,16?,17-,18+,19?,20?,21+,22-,23-,24-/m1/s1. The molecule has 3 aliphatic rings. The number of rotatable bonds is 12. The fourth-order valence-corrected chi connectivity index (χ4v) is 5.26. The molecule has 3 fully saturated rings. The van der Waals surface area contributed by atoms with Crippen LogP contribution >= 0.6 is 0 Å². The third-order valence-electron chi connectivity index (χ3n) is 7.47. The van der Waals surface area contributed by atoms with E-state index in [0.29, 0.717) is 6.61 Å². The SMILES string of the molecule is OCC1O[C@@H](OCCCCCCC2CCCCC2)[C@@H](O)C(O)[C@@H]1O[C@H]1OC(CO)[C@@H](O)[C@H](O)C1O. The molecule has 2 heterocycles. The van der Waals surface area contributed by atoms with Crippen molar-refractivity contribution in [1.82, 2.24) is 0 Å². The van der Waals surface area contributed by atoms with Crippen LogP contribution in [-0.2, 0) is 18.9 Å². The molecule has 206 valence electrons. The van der Waals surface area contributed by atoms with Crippen LogP contribution in [-0.4, -0.2) is 117 Å². The van der Waals surface area contributed by atoms with Crippen LogP contribution in [0.5, 0.6) is 0 Å². The minimum atomic E-state index is -1.69. The third kappa shape index (κ3) is 7.78. The molecular weight excluding hydrogens is 464 g/mol. The largest absolute Gasteiger partial charge is 0.394 e. The topological polar surface area (TPSA) is 179 Å². The van der Waals surface area contributed by atoms with Crippen molar-refractivity contribution in [2.24, 2.45) is 5.92 Å². The second kappa shape index (κ2) is 14.5.